The lowest BCUT2D eigenvalue weighted by atomic mass is 10.1. The second-order valence-corrected chi connectivity index (χ2v) is 5.33. The van der Waals surface area contributed by atoms with Crippen molar-refractivity contribution in [1.82, 2.24) is 0 Å². The smallest absolute Gasteiger partial charge is 0.168 e. The summed E-state index contributed by atoms with van der Waals surface area (Å²) >= 11 is 3.24. The molecular formula is C13H15BrFNO2. The first-order valence-corrected chi connectivity index (χ1v) is 6.76. The van der Waals surface area contributed by atoms with Crippen LogP contribution in [0.5, 0.6) is 5.75 Å². The number of carbonyl (C=O) groups excluding carboxylic acids is 1. The summed E-state index contributed by atoms with van der Waals surface area (Å²) < 4.78 is 19.5. The van der Waals surface area contributed by atoms with Gasteiger partial charge in [0.15, 0.2) is 5.78 Å². The largest absolute Gasteiger partial charge is 0.491 e. The van der Waals surface area contributed by atoms with E-state index in [1.54, 1.807) is 0 Å². The summed E-state index contributed by atoms with van der Waals surface area (Å²) in [4.78, 5) is 11.9. The van der Waals surface area contributed by atoms with Crippen LogP contribution in [0.3, 0.4) is 0 Å². The van der Waals surface area contributed by atoms with E-state index in [0.717, 1.165) is 12.8 Å². The molecule has 0 aliphatic heterocycles. The van der Waals surface area contributed by atoms with Crippen LogP contribution < -0.4 is 10.5 Å². The number of hydrogen-bond donors (Lipinski definition) is 1. The fraction of sp³-hybridized carbons (Fsp3) is 0.462. The average Bonchev–Trinajstić information content (AvgIpc) is 3.11. The van der Waals surface area contributed by atoms with E-state index in [2.05, 4.69) is 15.9 Å². The Morgan fingerprint density at radius 1 is 1.50 bits per heavy atom. The van der Waals surface area contributed by atoms with Gasteiger partial charge in [0.25, 0.3) is 0 Å². The lowest BCUT2D eigenvalue weighted by Crippen LogP contribution is -2.11. The zero-order chi connectivity index (χ0) is 13.1. The fourth-order valence-electron chi connectivity index (χ4n) is 1.67. The molecule has 0 unspecified atom stereocenters. The molecule has 2 rings (SSSR count). The first kappa shape index (κ1) is 13.5. The Kier molecular flexibility index (Phi) is 4.35. The molecule has 18 heavy (non-hydrogen) atoms. The van der Waals surface area contributed by atoms with E-state index in [0.29, 0.717) is 22.7 Å². The monoisotopic (exact) mass is 315 g/mol. The van der Waals surface area contributed by atoms with E-state index in [1.807, 2.05) is 0 Å². The predicted molar refractivity (Wildman–Crippen MR) is 70.3 cm³/mol. The van der Waals surface area contributed by atoms with Gasteiger partial charge in [-0.3, -0.25) is 4.79 Å². The van der Waals surface area contributed by atoms with E-state index in [4.69, 9.17) is 10.5 Å². The zero-order valence-corrected chi connectivity index (χ0v) is 11.5. The number of ketones is 1. The molecule has 0 heterocycles. The molecule has 3 nitrogen and oxygen atoms in total. The molecule has 0 bridgehead atoms. The maximum absolute atomic E-state index is 13.4. The number of nitrogens with two attached hydrogens (primary N) is 1. The summed E-state index contributed by atoms with van der Waals surface area (Å²) in [7, 11) is 0. The molecule has 5 heteroatoms. The molecule has 0 amide bonds. The van der Waals surface area contributed by atoms with Gasteiger partial charge in [-0.1, -0.05) is 0 Å². The second-order valence-electron chi connectivity index (χ2n) is 4.48. The highest BCUT2D eigenvalue weighted by Gasteiger charge is 2.24. The first-order valence-electron chi connectivity index (χ1n) is 5.97. The van der Waals surface area contributed by atoms with E-state index in [1.165, 1.54) is 12.1 Å². The number of carbonyl (C=O) groups is 1. The molecule has 1 fully saturated rings. The third-order valence-electron chi connectivity index (χ3n) is 2.84. The Labute approximate surface area is 114 Å². The summed E-state index contributed by atoms with van der Waals surface area (Å²) in [5.74, 6) is 0.352. The van der Waals surface area contributed by atoms with Crippen LogP contribution in [0.1, 0.15) is 29.6 Å². The van der Waals surface area contributed by atoms with Gasteiger partial charge in [-0.2, -0.15) is 0 Å². The maximum Gasteiger partial charge on any atom is 0.168 e. The fourth-order valence-corrected chi connectivity index (χ4v) is 2.21. The SMILES string of the molecule is NCCC(=O)c1cc(F)cc(Br)c1OCC1CC1. The molecule has 1 aliphatic carbocycles. The molecule has 0 saturated heterocycles. The Balaban J connectivity index is 2.24. The van der Waals surface area contributed by atoms with Gasteiger partial charge in [-0.25, -0.2) is 4.39 Å². The molecule has 98 valence electrons. The number of Topliss-reactive ketones (excluding diaryl/α,β-unsaturated/α-hetero) is 1. The highest BCUT2D eigenvalue weighted by Crippen LogP contribution is 2.35. The lowest BCUT2D eigenvalue weighted by Gasteiger charge is -2.12. The minimum atomic E-state index is -0.457. The lowest BCUT2D eigenvalue weighted by molar-refractivity contribution is 0.0980. The zero-order valence-electron chi connectivity index (χ0n) is 9.92. The average molecular weight is 316 g/mol. The summed E-state index contributed by atoms with van der Waals surface area (Å²) in [5.41, 5.74) is 5.63. The number of ether oxygens (including phenoxy) is 1. The highest BCUT2D eigenvalue weighted by atomic mass is 79.9. The number of hydrogen-bond acceptors (Lipinski definition) is 3. The summed E-state index contributed by atoms with van der Waals surface area (Å²) in [6.07, 6.45) is 2.51. The first-order chi connectivity index (χ1) is 8.61. The standard InChI is InChI=1S/C13H15BrFNO2/c14-11-6-9(15)5-10(12(17)3-4-16)13(11)18-7-8-1-2-8/h5-6,8H,1-4,7,16H2. The van der Waals surface area contributed by atoms with Crippen molar-refractivity contribution in [3.05, 3.63) is 28.0 Å². The Bertz CT molecular complexity index is 461. The van der Waals surface area contributed by atoms with Gasteiger partial charge in [0.1, 0.15) is 11.6 Å². The van der Waals surface area contributed by atoms with Crippen LogP contribution in [0.15, 0.2) is 16.6 Å². The minimum absolute atomic E-state index is 0.190. The topological polar surface area (TPSA) is 52.3 Å². The number of benzene rings is 1. The van der Waals surface area contributed by atoms with Crippen LogP contribution in [-0.4, -0.2) is 18.9 Å². The summed E-state index contributed by atoms with van der Waals surface area (Å²) in [5, 5.41) is 0. The second kappa shape index (κ2) is 5.80. The molecule has 1 aromatic carbocycles. The van der Waals surface area contributed by atoms with Crippen molar-refractivity contribution in [2.24, 2.45) is 11.7 Å². The number of rotatable bonds is 6. The molecule has 1 aromatic rings. The molecule has 0 atom stereocenters. The van der Waals surface area contributed by atoms with Crippen molar-refractivity contribution in [2.45, 2.75) is 19.3 Å². The van der Waals surface area contributed by atoms with Crippen LogP contribution in [0.25, 0.3) is 0 Å². The highest BCUT2D eigenvalue weighted by molar-refractivity contribution is 9.10. The van der Waals surface area contributed by atoms with Crippen molar-refractivity contribution in [2.75, 3.05) is 13.2 Å². The Morgan fingerprint density at radius 3 is 2.83 bits per heavy atom. The third kappa shape index (κ3) is 3.29. The van der Waals surface area contributed by atoms with E-state index >= 15 is 0 Å². The van der Waals surface area contributed by atoms with E-state index in [-0.39, 0.29) is 24.3 Å². The van der Waals surface area contributed by atoms with Crippen molar-refractivity contribution in [3.8, 4) is 5.75 Å². The normalized spacial score (nSPS) is 14.6. The third-order valence-corrected chi connectivity index (χ3v) is 3.43. The molecule has 0 radical (unpaired) electrons. The van der Waals surface area contributed by atoms with Crippen LogP contribution in [0.2, 0.25) is 0 Å². The predicted octanol–water partition coefficient (Wildman–Crippen LogP) is 2.91. The van der Waals surface area contributed by atoms with Gasteiger partial charge in [0, 0.05) is 6.42 Å². The maximum atomic E-state index is 13.4. The van der Waals surface area contributed by atoms with Gasteiger partial charge >= 0.3 is 0 Å². The van der Waals surface area contributed by atoms with Gasteiger partial charge in [-0.15, -0.1) is 0 Å². The van der Waals surface area contributed by atoms with Gasteiger partial charge < -0.3 is 10.5 Å². The molecule has 1 saturated carbocycles. The van der Waals surface area contributed by atoms with Crippen molar-refractivity contribution < 1.29 is 13.9 Å². The Morgan fingerprint density at radius 2 is 2.22 bits per heavy atom. The van der Waals surface area contributed by atoms with Gasteiger partial charge in [0.05, 0.1) is 16.6 Å². The van der Waals surface area contributed by atoms with Crippen molar-refractivity contribution in [3.63, 3.8) is 0 Å². The molecule has 0 spiro atoms. The molecule has 0 aromatic heterocycles. The quantitative estimate of drug-likeness (QED) is 0.821. The Hall–Kier alpha value is -0.940. The van der Waals surface area contributed by atoms with Crippen LogP contribution in [0.4, 0.5) is 4.39 Å². The van der Waals surface area contributed by atoms with E-state index in [9.17, 15) is 9.18 Å². The van der Waals surface area contributed by atoms with Crippen LogP contribution in [0, 0.1) is 11.7 Å². The molecular weight excluding hydrogens is 301 g/mol. The van der Waals surface area contributed by atoms with Crippen LogP contribution >= 0.6 is 15.9 Å². The minimum Gasteiger partial charge on any atom is -0.491 e. The number of halogens is 2. The van der Waals surface area contributed by atoms with Crippen LogP contribution in [-0.2, 0) is 0 Å². The van der Waals surface area contributed by atoms with E-state index < -0.39 is 5.82 Å². The van der Waals surface area contributed by atoms with Crippen molar-refractivity contribution >= 4 is 21.7 Å². The molecule has 2 N–H and O–H groups in total. The summed E-state index contributed by atoms with van der Waals surface area (Å²) in [6, 6.07) is 2.52. The summed E-state index contributed by atoms with van der Waals surface area (Å²) in [6.45, 7) is 0.822. The molecule has 1 aliphatic rings. The van der Waals surface area contributed by atoms with Crippen molar-refractivity contribution in [1.29, 1.82) is 0 Å². The van der Waals surface area contributed by atoms with Gasteiger partial charge in [0.2, 0.25) is 0 Å². The van der Waals surface area contributed by atoms with Gasteiger partial charge in [-0.05, 0) is 53.4 Å².